The molecule has 4 aromatic rings. The molecule has 2 heterocycles. The molecule has 0 bridgehead atoms. The van der Waals surface area contributed by atoms with E-state index in [2.05, 4.69) is 0 Å². The van der Waals surface area contributed by atoms with Crippen LogP contribution in [0.1, 0.15) is 24.8 Å². The van der Waals surface area contributed by atoms with E-state index in [1.807, 2.05) is 60.0 Å². The quantitative estimate of drug-likeness (QED) is 0.379. The van der Waals surface area contributed by atoms with Gasteiger partial charge in [0, 0.05) is 41.4 Å². The molecule has 0 aliphatic carbocycles. The molecule has 37 heavy (non-hydrogen) atoms. The number of rotatable bonds is 8. The van der Waals surface area contributed by atoms with E-state index in [1.165, 1.54) is 0 Å². The standard InChI is InChI=1S/C29H33N3O4S/c1-22-13-15-24(16-14-22)37(35,36)31(21-29(34)30-17-7-2-8-18-30)19-23(33)20-32-27-11-5-3-9-25(27)26-10-4-6-12-28(26)32/h3-6,9-16,23,33H,2,7-8,17-21H2,1H3/t23-/m1/s1. The number of sulfonamides is 1. The molecule has 194 valence electrons. The predicted molar refractivity (Wildman–Crippen MR) is 146 cm³/mol. The highest BCUT2D eigenvalue weighted by atomic mass is 32.2. The van der Waals surface area contributed by atoms with Gasteiger partial charge in [-0.15, -0.1) is 0 Å². The summed E-state index contributed by atoms with van der Waals surface area (Å²) in [7, 11) is -3.99. The fourth-order valence-electron chi connectivity index (χ4n) is 5.20. The van der Waals surface area contributed by atoms with E-state index in [1.54, 1.807) is 29.2 Å². The lowest BCUT2D eigenvalue weighted by molar-refractivity contribution is -0.132. The molecule has 0 saturated carbocycles. The second-order valence-electron chi connectivity index (χ2n) is 9.85. The summed E-state index contributed by atoms with van der Waals surface area (Å²) in [5.74, 6) is -0.223. The van der Waals surface area contributed by atoms with Crippen molar-refractivity contribution in [2.75, 3.05) is 26.2 Å². The zero-order valence-electron chi connectivity index (χ0n) is 21.1. The SMILES string of the molecule is Cc1ccc(S(=O)(=O)N(CC(=O)N2CCCCC2)C[C@@H](O)Cn2c3ccccc3c3ccccc32)cc1. The summed E-state index contributed by atoms with van der Waals surface area (Å²) in [6, 6.07) is 22.6. The van der Waals surface area contributed by atoms with Gasteiger partial charge in [0.15, 0.2) is 0 Å². The highest BCUT2D eigenvalue weighted by molar-refractivity contribution is 7.89. The van der Waals surface area contributed by atoms with E-state index >= 15 is 0 Å². The van der Waals surface area contributed by atoms with Crippen LogP contribution in [-0.4, -0.2) is 65.5 Å². The van der Waals surface area contributed by atoms with E-state index in [0.717, 1.165) is 50.9 Å². The summed E-state index contributed by atoms with van der Waals surface area (Å²) in [6.45, 7) is 2.90. The summed E-state index contributed by atoms with van der Waals surface area (Å²) in [5, 5.41) is 13.4. The van der Waals surface area contributed by atoms with Gasteiger partial charge < -0.3 is 14.6 Å². The van der Waals surface area contributed by atoms with Gasteiger partial charge in [-0.1, -0.05) is 54.1 Å². The van der Waals surface area contributed by atoms with Crippen LogP contribution in [0.15, 0.2) is 77.7 Å². The molecular weight excluding hydrogens is 486 g/mol. The molecule has 1 saturated heterocycles. The van der Waals surface area contributed by atoms with Crippen LogP contribution in [0.25, 0.3) is 21.8 Å². The van der Waals surface area contributed by atoms with Gasteiger partial charge in [-0.2, -0.15) is 4.31 Å². The van der Waals surface area contributed by atoms with E-state index < -0.39 is 16.1 Å². The first-order valence-corrected chi connectivity index (χ1v) is 14.3. The Morgan fingerprint density at radius 1 is 0.892 bits per heavy atom. The average Bonchev–Trinajstić information content (AvgIpc) is 3.22. The Balaban J connectivity index is 1.44. The third kappa shape index (κ3) is 5.28. The zero-order chi connectivity index (χ0) is 26.0. The van der Waals surface area contributed by atoms with E-state index in [4.69, 9.17) is 0 Å². The third-order valence-corrected chi connectivity index (χ3v) is 8.99. The Kier molecular flexibility index (Phi) is 7.33. The number of aliphatic hydroxyl groups excluding tert-OH is 1. The molecule has 1 amide bonds. The molecule has 0 unspecified atom stereocenters. The van der Waals surface area contributed by atoms with Crippen LogP contribution < -0.4 is 0 Å². The van der Waals surface area contributed by atoms with Crippen LogP contribution in [0.4, 0.5) is 0 Å². The Morgan fingerprint density at radius 3 is 2.05 bits per heavy atom. The van der Waals surface area contributed by atoms with Gasteiger partial charge in [-0.05, 0) is 50.5 Å². The minimum absolute atomic E-state index is 0.119. The number of aryl methyl sites for hydroxylation is 1. The smallest absolute Gasteiger partial charge is 0.243 e. The highest BCUT2D eigenvalue weighted by Crippen LogP contribution is 2.29. The first-order chi connectivity index (χ1) is 17.8. The topological polar surface area (TPSA) is 82.8 Å². The van der Waals surface area contributed by atoms with Gasteiger partial charge in [0.2, 0.25) is 15.9 Å². The lowest BCUT2D eigenvalue weighted by atomic mass is 10.1. The number of hydrogen-bond donors (Lipinski definition) is 1. The predicted octanol–water partition coefficient (Wildman–Crippen LogP) is 4.17. The first kappa shape index (κ1) is 25.4. The number of nitrogens with zero attached hydrogens (tertiary/aromatic N) is 3. The fraction of sp³-hybridized carbons (Fsp3) is 0.345. The minimum atomic E-state index is -3.99. The van der Waals surface area contributed by atoms with Crippen LogP contribution in [0.2, 0.25) is 0 Å². The number of carbonyl (C=O) groups is 1. The molecule has 1 atom stereocenters. The number of para-hydroxylation sites is 2. The van der Waals surface area contributed by atoms with Crippen molar-refractivity contribution >= 4 is 37.7 Å². The Hall–Kier alpha value is -3.20. The average molecular weight is 520 g/mol. The van der Waals surface area contributed by atoms with Crippen molar-refractivity contribution < 1.29 is 18.3 Å². The number of fused-ring (bicyclic) bond motifs is 3. The third-order valence-electron chi connectivity index (χ3n) is 7.17. The van der Waals surface area contributed by atoms with Gasteiger partial charge in [0.1, 0.15) is 0 Å². The summed E-state index contributed by atoms with van der Waals surface area (Å²) in [6.07, 6.45) is 1.90. The van der Waals surface area contributed by atoms with Crippen molar-refractivity contribution in [3.05, 3.63) is 78.4 Å². The zero-order valence-corrected chi connectivity index (χ0v) is 21.9. The molecular formula is C29H33N3O4S. The van der Waals surface area contributed by atoms with Gasteiger partial charge >= 0.3 is 0 Å². The molecule has 0 spiro atoms. The second-order valence-corrected chi connectivity index (χ2v) is 11.8. The van der Waals surface area contributed by atoms with Crippen molar-refractivity contribution in [3.63, 3.8) is 0 Å². The van der Waals surface area contributed by atoms with Crippen LogP contribution in [0, 0.1) is 6.92 Å². The minimum Gasteiger partial charge on any atom is -0.390 e. The first-order valence-electron chi connectivity index (χ1n) is 12.8. The number of benzene rings is 3. The number of hydrogen-bond acceptors (Lipinski definition) is 4. The van der Waals surface area contributed by atoms with E-state index in [-0.39, 0.29) is 30.4 Å². The van der Waals surface area contributed by atoms with Gasteiger partial charge in [0.05, 0.1) is 24.1 Å². The van der Waals surface area contributed by atoms with Crippen LogP contribution >= 0.6 is 0 Å². The molecule has 1 aliphatic heterocycles. The summed E-state index contributed by atoms with van der Waals surface area (Å²) in [5.41, 5.74) is 2.89. The number of likely N-dealkylation sites (tertiary alicyclic amines) is 1. The number of piperidine rings is 1. The molecule has 1 fully saturated rings. The largest absolute Gasteiger partial charge is 0.390 e. The number of carbonyl (C=O) groups excluding carboxylic acids is 1. The van der Waals surface area contributed by atoms with Crippen LogP contribution in [0.3, 0.4) is 0 Å². The lowest BCUT2D eigenvalue weighted by Crippen LogP contribution is -2.47. The van der Waals surface area contributed by atoms with Crippen molar-refractivity contribution in [1.29, 1.82) is 0 Å². The normalized spacial score (nSPS) is 15.5. The van der Waals surface area contributed by atoms with Gasteiger partial charge in [-0.3, -0.25) is 4.79 Å². The highest BCUT2D eigenvalue weighted by Gasteiger charge is 2.31. The van der Waals surface area contributed by atoms with E-state index in [9.17, 15) is 18.3 Å². The summed E-state index contributed by atoms with van der Waals surface area (Å²) in [4.78, 5) is 15.0. The lowest BCUT2D eigenvalue weighted by Gasteiger charge is -2.30. The Bertz CT molecular complexity index is 1450. The van der Waals surface area contributed by atoms with Gasteiger partial charge in [-0.25, -0.2) is 8.42 Å². The van der Waals surface area contributed by atoms with Crippen molar-refractivity contribution in [3.8, 4) is 0 Å². The Morgan fingerprint density at radius 2 is 1.46 bits per heavy atom. The van der Waals surface area contributed by atoms with Gasteiger partial charge in [0.25, 0.3) is 0 Å². The molecule has 0 radical (unpaired) electrons. The fourth-order valence-corrected chi connectivity index (χ4v) is 6.63. The Labute approximate surface area is 218 Å². The number of aliphatic hydroxyl groups is 1. The van der Waals surface area contributed by atoms with Crippen LogP contribution in [0.5, 0.6) is 0 Å². The maximum atomic E-state index is 13.7. The molecule has 7 nitrogen and oxygen atoms in total. The molecule has 8 heteroatoms. The summed E-state index contributed by atoms with van der Waals surface area (Å²) < 4.78 is 30.5. The number of amides is 1. The molecule has 1 aromatic heterocycles. The second kappa shape index (κ2) is 10.7. The molecule has 3 aromatic carbocycles. The maximum Gasteiger partial charge on any atom is 0.243 e. The van der Waals surface area contributed by atoms with Crippen LogP contribution in [-0.2, 0) is 21.4 Å². The molecule has 5 rings (SSSR count). The van der Waals surface area contributed by atoms with Crippen molar-refractivity contribution in [2.45, 2.75) is 43.7 Å². The van der Waals surface area contributed by atoms with Crippen molar-refractivity contribution in [2.24, 2.45) is 0 Å². The van der Waals surface area contributed by atoms with Crippen molar-refractivity contribution in [1.82, 2.24) is 13.8 Å². The summed E-state index contributed by atoms with van der Waals surface area (Å²) >= 11 is 0. The van der Waals surface area contributed by atoms with E-state index in [0.29, 0.717) is 13.1 Å². The number of aromatic nitrogens is 1. The molecule has 1 aliphatic rings. The monoisotopic (exact) mass is 519 g/mol. The molecule has 1 N–H and O–H groups in total. The maximum absolute atomic E-state index is 13.7.